The molecule has 3 aromatic carbocycles. The van der Waals surface area contributed by atoms with E-state index in [0.29, 0.717) is 0 Å². The van der Waals surface area contributed by atoms with Gasteiger partial charge >= 0.3 is 0 Å². The zero-order valence-electron chi connectivity index (χ0n) is 17.6. The fraction of sp³-hybridized carbons (Fsp3) is 0.231. The molecule has 1 aliphatic heterocycles. The molecule has 4 aromatic rings. The van der Waals surface area contributed by atoms with Gasteiger partial charge in [-0.3, -0.25) is 9.80 Å². The van der Waals surface area contributed by atoms with Crippen LogP contribution >= 0.6 is 34.8 Å². The van der Waals surface area contributed by atoms with Crippen molar-refractivity contribution >= 4 is 45.7 Å². The van der Waals surface area contributed by atoms with Gasteiger partial charge in [0.2, 0.25) is 0 Å². The van der Waals surface area contributed by atoms with Gasteiger partial charge in [0.05, 0.1) is 11.1 Å². The lowest BCUT2D eigenvalue weighted by atomic mass is 9.96. The first-order chi connectivity index (χ1) is 15.6. The molecule has 0 saturated carbocycles. The molecule has 0 amide bonds. The molecule has 1 atom stereocenters. The zero-order valence-corrected chi connectivity index (χ0v) is 19.8. The maximum atomic E-state index is 6.63. The van der Waals surface area contributed by atoms with E-state index >= 15 is 0 Å². The van der Waals surface area contributed by atoms with Crippen molar-refractivity contribution in [2.45, 2.75) is 12.6 Å². The Labute approximate surface area is 203 Å². The van der Waals surface area contributed by atoms with Crippen molar-refractivity contribution in [1.29, 1.82) is 0 Å². The van der Waals surface area contributed by atoms with Gasteiger partial charge in [-0.15, -0.1) is 0 Å². The Morgan fingerprint density at radius 1 is 0.781 bits per heavy atom. The van der Waals surface area contributed by atoms with Crippen molar-refractivity contribution in [3.63, 3.8) is 0 Å². The number of aromatic amines is 1. The van der Waals surface area contributed by atoms with Gasteiger partial charge in [0.25, 0.3) is 0 Å². The summed E-state index contributed by atoms with van der Waals surface area (Å²) in [6.45, 7) is 4.75. The molecular weight excluding hydrogens is 461 g/mol. The molecule has 0 spiro atoms. The van der Waals surface area contributed by atoms with Crippen LogP contribution in [0.5, 0.6) is 0 Å². The largest absolute Gasteiger partial charge is 0.361 e. The number of nitrogens with one attached hydrogen (secondary N) is 1. The van der Waals surface area contributed by atoms with E-state index in [-0.39, 0.29) is 6.04 Å². The number of fused-ring (bicyclic) bond motifs is 1. The lowest BCUT2D eigenvalue weighted by Crippen LogP contribution is -2.47. The summed E-state index contributed by atoms with van der Waals surface area (Å²) in [7, 11) is 0. The van der Waals surface area contributed by atoms with Crippen molar-refractivity contribution < 1.29 is 0 Å². The maximum Gasteiger partial charge on any atom is 0.0617 e. The molecule has 1 N–H and O–H groups in total. The van der Waals surface area contributed by atoms with Crippen LogP contribution in [0.1, 0.15) is 22.7 Å². The first-order valence-electron chi connectivity index (χ1n) is 10.8. The van der Waals surface area contributed by atoms with E-state index in [2.05, 4.69) is 51.3 Å². The highest BCUT2D eigenvalue weighted by molar-refractivity contribution is 6.35. The quantitative estimate of drug-likeness (QED) is 0.328. The Balaban J connectivity index is 1.35. The van der Waals surface area contributed by atoms with Crippen LogP contribution < -0.4 is 0 Å². The van der Waals surface area contributed by atoms with Crippen LogP contribution in [0.4, 0.5) is 0 Å². The Bertz CT molecular complexity index is 1210. The van der Waals surface area contributed by atoms with Gasteiger partial charge < -0.3 is 4.98 Å². The molecule has 1 saturated heterocycles. The van der Waals surface area contributed by atoms with Gasteiger partial charge in [-0.1, -0.05) is 71.2 Å². The van der Waals surface area contributed by atoms with Crippen molar-refractivity contribution in [2.24, 2.45) is 0 Å². The van der Waals surface area contributed by atoms with E-state index in [1.54, 1.807) is 0 Å². The smallest absolute Gasteiger partial charge is 0.0617 e. The third kappa shape index (κ3) is 4.41. The van der Waals surface area contributed by atoms with Crippen LogP contribution in [-0.4, -0.2) is 41.0 Å². The van der Waals surface area contributed by atoms with Gasteiger partial charge in [-0.2, -0.15) is 0 Å². The predicted molar refractivity (Wildman–Crippen MR) is 135 cm³/mol. The standard InChI is InChI=1S/C26H24Cl3N3/c27-20-10-8-18(9-11-20)26(21-4-1-2-5-22(21)28)32-14-12-31(13-15-32)17-19-16-30-24-7-3-6-23(29)25(19)24/h1-11,16,26,30H,12-15,17H2. The van der Waals surface area contributed by atoms with E-state index < -0.39 is 0 Å². The van der Waals surface area contributed by atoms with Gasteiger partial charge in [0.15, 0.2) is 0 Å². The van der Waals surface area contributed by atoms with Gasteiger partial charge in [0, 0.05) is 59.9 Å². The van der Waals surface area contributed by atoms with Crippen LogP contribution in [-0.2, 0) is 6.54 Å². The Morgan fingerprint density at radius 2 is 1.50 bits per heavy atom. The number of halogens is 3. The summed E-state index contributed by atoms with van der Waals surface area (Å²) in [5.74, 6) is 0. The number of H-pyrrole nitrogens is 1. The Morgan fingerprint density at radius 3 is 2.25 bits per heavy atom. The van der Waals surface area contributed by atoms with Gasteiger partial charge in [0.1, 0.15) is 0 Å². The van der Waals surface area contributed by atoms with E-state index in [1.807, 2.05) is 36.4 Å². The molecule has 3 nitrogen and oxygen atoms in total. The lowest BCUT2D eigenvalue weighted by molar-refractivity contribution is 0.105. The number of hydrogen-bond acceptors (Lipinski definition) is 2. The second-order valence-electron chi connectivity index (χ2n) is 8.26. The summed E-state index contributed by atoms with van der Waals surface area (Å²) >= 11 is 19.3. The van der Waals surface area contributed by atoms with Crippen molar-refractivity contribution in [2.75, 3.05) is 26.2 Å². The number of nitrogens with zero attached hydrogens (tertiary/aromatic N) is 2. The number of benzene rings is 3. The lowest BCUT2D eigenvalue weighted by Gasteiger charge is -2.40. The summed E-state index contributed by atoms with van der Waals surface area (Å²) in [6, 6.07) is 22.4. The highest BCUT2D eigenvalue weighted by atomic mass is 35.5. The van der Waals surface area contributed by atoms with E-state index in [9.17, 15) is 0 Å². The highest BCUT2D eigenvalue weighted by Crippen LogP contribution is 2.35. The van der Waals surface area contributed by atoms with Crippen molar-refractivity contribution in [1.82, 2.24) is 14.8 Å². The van der Waals surface area contributed by atoms with Gasteiger partial charge in [-0.25, -0.2) is 0 Å². The average Bonchev–Trinajstić information content (AvgIpc) is 3.22. The second kappa shape index (κ2) is 9.46. The molecule has 0 aliphatic carbocycles. The molecule has 1 aromatic heterocycles. The summed E-state index contributed by atoms with van der Waals surface area (Å²) in [4.78, 5) is 8.36. The fourth-order valence-electron chi connectivity index (χ4n) is 4.68. The number of hydrogen-bond donors (Lipinski definition) is 1. The Hall–Kier alpha value is -2.01. The molecule has 6 heteroatoms. The molecular formula is C26H24Cl3N3. The minimum Gasteiger partial charge on any atom is -0.361 e. The molecule has 5 rings (SSSR count). The van der Waals surface area contributed by atoms with Gasteiger partial charge in [-0.05, 0) is 47.0 Å². The first-order valence-corrected chi connectivity index (χ1v) is 11.9. The van der Waals surface area contributed by atoms with Crippen LogP contribution in [0, 0.1) is 0 Å². The van der Waals surface area contributed by atoms with Crippen LogP contribution in [0.2, 0.25) is 15.1 Å². The molecule has 2 heterocycles. The first kappa shape index (κ1) is 21.8. The van der Waals surface area contributed by atoms with E-state index in [4.69, 9.17) is 34.8 Å². The van der Waals surface area contributed by atoms with E-state index in [1.165, 1.54) is 11.1 Å². The Kier molecular flexibility index (Phi) is 6.45. The molecule has 1 aliphatic rings. The highest BCUT2D eigenvalue weighted by Gasteiger charge is 2.28. The number of rotatable bonds is 5. The minimum atomic E-state index is 0.102. The monoisotopic (exact) mass is 483 g/mol. The fourth-order valence-corrected chi connectivity index (χ4v) is 5.34. The third-order valence-electron chi connectivity index (χ3n) is 6.29. The van der Waals surface area contributed by atoms with Crippen LogP contribution in [0.15, 0.2) is 72.9 Å². The maximum absolute atomic E-state index is 6.63. The molecule has 32 heavy (non-hydrogen) atoms. The predicted octanol–water partition coefficient (Wildman–Crippen LogP) is 7.04. The third-order valence-corrected chi connectivity index (χ3v) is 7.20. The van der Waals surface area contributed by atoms with Crippen molar-refractivity contribution in [3.05, 3.63) is 105 Å². The number of piperazine rings is 1. The molecule has 0 bridgehead atoms. The SMILES string of the molecule is Clc1ccc(C(c2ccccc2Cl)N2CCN(Cc3c[nH]c4cccc(Cl)c34)CC2)cc1. The molecule has 1 unspecified atom stereocenters. The van der Waals surface area contributed by atoms with Crippen molar-refractivity contribution in [3.8, 4) is 0 Å². The molecule has 0 radical (unpaired) electrons. The summed E-state index contributed by atoms with van der Waals surface area (Å²) < 4.78 is 0. The van der Waals surface area contributed by atoms with E-state index in [0.717, 1.165) is 64.3 Å². The molecule has 164 valence electrons. The zero-order chi connectivity index (χ0) is 22.1. The summed E-state index contributed by atoms with van der Waals surface area (Å²) in [5, 5.41) is 3.47. The molecule has 1 fully saturated rings. The van der Waals surface area contributed by atoms with Crippen LogP contribution in [0.3, 0.4) is 0 Å². The van der Waals surface area contributed by atoms with Crippen LogP contribution in [0.25, 0.3) is 10.9 Å². The number of aromatic nitrogens is 1. The normalized spacial score (nSPS) is 16.5. The average molecular weight is 485 g/mol. The minimum absolute atomic E-state index is 0.102. The summed E-state index contributed by atoms with van der Waals surface area (Å²) in [5.41, 5.74) is 4.68. The topological polar surface area (TPSA) is 22.3 Å². The second-order valence-corrected chi connectivity index (χ2v) is 9.51. The summed E-state index contributed by atoms with van der Waals surface area (Å²) in [6.07, 6.45) is 2.09.